The van der Waals surface area contributed by atoms with Crippen LogP contribution in [0.15, 0.2) is 24.3 Å². The number of hydrogen-bond donors (Lipinski definition) is 0. The van der Waals surface area contributed by atoms with E-state index < -0.39 is 8.80 Å². The first-order valence-electron chi connectivity index (χ1n) is 6.76. The average Bonchev–Trinajstić information content (AvgIpc) is 2.29. The Morgan fingerprint density at radius 1 is 0.944 bits per heavy atom. The van der Waals surface area contributed by atoms with Crippen LogP contribution in [0.25, 0.3) is 0 Å². The summed E-state index contributed by atoms with van der Waals surface area (Å²) in [6.07, 6.45) is 1.90. The lowest BCUT2D eigenvalue weighted by atomic mass is 10.1. The fourth-order valence-corrected chi connectivity index (χ4v) is 4.35. The Bertz CT molecular complexity index is 247. The number of rotatable bonds is 11. The predicted molar refractivity (Wildman–Crippen MR) is 78.6 cm³/mol. The molecule has 0 aliphatic heterocycles. The van der Waals surface area contributed by atoms with E-state index in [2.05, 4.69) is 13.2 Å². The van der Waals surface area contributed by atoms with Gasteiger partial charge >= 0.3 is 8.80 Å². The lowest BCUT2D eigenvalue weighted by Crippen LogP contribution is -2.45. The molecule has 0 saturated carbocycles. The van der Waals surface area contributed by atoms with Crippen molar-refractivity contribution >= 4 is 8.80 Å². The molecule has 0 unspecified atom stereocenters. The van der Waals surface area contributed by atoms with E-state index >= 15 is 0 Å². The topological polar surface area (TPSA) is 27.7 Å². The van der Waals surface area contributed by atoms with Gasteiger partial charge in [0.1, 0.15) is 0 Å². The zero-order valence-corrected chi connectivity index (χ0v) is 13.4. The lowest BCUT2D eigenvalue weighted by molar-refractivity contribution is 0.0708. The van der Waals surface area contributed by atoms with Gasteiger partial charge in [0, 0.05) is 25.9 Å². The molecule has 0 aromatic heterocycles. The van der Waals surface area contributed by atoms with Crippen LogP contribution in [0.3, 0.4) is 0 Å². The van der Waals surface area contributed by atoms with Gasteiger partial charge in [-0.25, -0.2) is 0 Å². The van der Waals surface area contributed by atoms with E-state index in [9.17, 15) is 0 Å². The normalized spacial score (nSPS) is 11.6. The van der Waals surface area contributed by atoms with Crippen molar-refractivity contribution in [3.63, 3.8) is 0 Å². The second kappa shape index (κ2) is 9.50. The maximum absolute atomic E-state index is 5.80. The molecule has 0 bridgehead atoms. The lowest BCUT2D eigenvalue weighted by Gasteiger charge is -2.28. The summed E-state index contributed by atoms with van der Waals surface area (Å²) in [5.74, 6) is 0. The predicted octanol–water partition coefficient (Wildman–Crippen LogP) is 3.95. The van der Waals surface area contributed by atoms with E-state index in [-0.39, 0.29) is 0 Å². The van der Waals surface area contributed by atoms with Gasteiger partial charge in [-0.3, -0.25) is 0 Å². The average molecular weight is 272 g/mol. The summed E-state index contributed by atoms with van der Waals surface area (Å²) >= 11 is 0. The quantitative estimate of drug-likeness (QED) is 0.421. The Balaban J connectivity index is 4.37. The Morgan fingerprint density at radius 3 is 1.72 bits per heavy atom. The zero-order valence-electron chi connectivity index (χ0n) is 12.4. The van der Waals surface area contributed by atoms with E-state index in [4.69, 9.17) is 13.3 Å². The highest BCUT2D eigenvalue weighted by Crippen LogP contribution is 2.22. The number of allylic oxidation sites excluding steroid dienone is 2. The molecule has 0 aromatic carbocycles. The third kappa shape index (κ3) is 6.49. The number of hydrogen-bond acceptors (Lipinski definition) is 3. The smallest absolute Gasteiger partial charge is 0.374 e. The largest absolute Gasteiger partial charge is 0.500 e. The van der Waals surface area contributed by atoms with Crippen LogP contribution >= 0.6 is 0 Å². The van der Waals surface area contributed by atoms with Crippen LogP contribution in [-0.2, 0) is 13.3 Å². The molecule has 0 heterocycles. The molecule has 3 nitrogen and oxygen atoms in total. The van der Waals surface area contributed by atoms with Crippen molar-refractivity contribution < 1.29 is 13.3 Å². The maximum Gasteiger partial charge on any atom is 0.500 e. The van der Waals surface area contributed by atoms with E-state index in [0.717, 1.165) is 30.0 Å². The van der Waals surface area contributed by atoms with Crippen LogP contribution in [0.4, 0.5) is 0 Å². The fraction of sp³-hybridized carbons (Fsp3) is 0.714. The molecular weight excluding hydrogens is 244 g/mol. The first-order valence-corrected chi connectivity index (χ1v) is 8.70. The van der Waals surface area contributed by atoms with Crippen molar-refractivity contribution in [3.05, 3.63) is 24.3 Å². The van der Waals surface area contributed by atoms with Crippen molar-refractivity contribution in [2.24, 2.45) is 0 Å². The molecule has 0 atom stereocenters. The van der Waals surface area contributed by atoms with E-state index in [1.54, 1.807) is 0 Å². The van der Waals surface area contributed by atoms with Crippen molar-refractivity contribution in [3.8, 4) is 0 Å². The molecule has 18 heavy (non-hydrogen) atoms. The second-order valence-electron chi connectivity index (χ2n) is 4.22. The summed E-state index contributed by atoms with van der Waals surface area (Å²) in [5.41, 5.74) is 2.15. The molecule has 0 N–H and O–H groups in total. The second-order valence-corrected chi connectivity index (χ2v) is 6.95. The molecule has 0 aliphatic carbocycles. The first kappa shape index (κ1) is 17.6. The Morgan fingerprint density at radius 2 is 1.39 bits per heavy atom. The van der Waals surface area contributed by atoms with Crippen LogP contribution in [0.1, 0.15) is 40.5 Å². The highest BCUT2D eigenvalue weighted by molar-refractivity contribution is 6.60. The third-order valence-electron chi connectivity index (χ3n) is 2.66. The molecule has 0 spiro atoms. The highest BCUT2D eigenvalue weighted by Gasteiger charge is 2.39. The van der Waals surface area contributed by atoms with E-state index in [1.165, 1.54) is 0 Å². The molecule has 0 aliphatic rings. The summed E-state index contributed by atoms with van der Waals surface area (Å²) in [6, 6.07) is 0.842. The monoisotopic (exact) mass is 272 g/mol. The first-order chi connectivity index (χ1) is 8.51. The molecule has 106 valence electrons. The molecular formula is C14H28O3Si. The zero-order chi connectivity index (χ0) is 14.0. The van der Waals surface area contributed by atoms with Crippen LogP contribution in [-0.4, -0.2) is 28.6 Å². The third-order valence-corrected chi connectivity index (χ3v) is 5.81. The summed E-state index contributed by atoms with van der Waals surface area (Å²) in [6.45, 7) is 17.7. The Kier molecular flexibility index (Phi) is 9.28. The minimum absolute atomic E-state index is 0.633. The van der Waals surface area contributed by atoms with Gasteiger partial charge in [-0.2, -0.15) is 0 Å². The van der Waals surface area contributed by atoms with Gasteiger partial charge in [0.15, 0.2) is 0 Å². The molecule has 0 radical (unpaired) electrons. The molecule has 0 saturated heterocycles. The summed E-state index contributed by atoms with van der Waals surface area (Å²) < 4.78 is 17.4. The molecule has 0 rings (SSSR count). The van der Waals surface area contributed by atoms with E-state index in [1.807, 2.05) is 27.7 Å². The van der Waals surface area contributed by atoms with Crippen molar-refractivity contribution in [2.75, 3.05) is 19.8 Å². The van der Waals surface area contributed by atoms with Crippen LogP contribution < -0.4 is 0 Å². The standard InChI is InChI=1S/C14H28O3Si/c1-7-15-18(16-8-2,17-9-3)12-10-11-14(6)13(4)5/h4,6-12H2,1-3,5H3. The minimum Gasteiger partial charge on any atom is -0.374 e. The summed E-state index contributed by atoms with van der Waals surface area (Å²) in [4.78, 5) is 0. The fourth-order valence-electron chi connectivity index (χ4n) is 1.73. The van der Waals surface area contributed by atoms with Crippen molar-refractivity contribution in [1.82, 2.24) is 0 Å². The Labute approximate surface area is 113 Å². The van der Waals surface area contributed by atoms with Crippen LogP contribution in [0.2, 0.25) is 6.04 Å². The van der Waals surface area contributed by atoms with Gasteiger partial charge < -0.3 is 13.3 Å². The Hall–Kier alpha value is -0.423. The van der Waals surface area contributed by atoms with Gasteiger partial charge in [-0.05, 0) is 40.5 Å². The molecule has 4 heteroatoms. The highest BCUT2D eigenvalue weighted by atomic mass is 28.4. The summed E-state index contributed by atoms with van der Waals surface area (Å²) in [5, 5.41) is 0. The molecule has 0 fully saturated rings. The van der Waals surface area contributed by atoms with Gasteiger partial charge in [-0.15, -0.1) is 0 Å². The van der Waals surface area contributed by atoms with Crippen molar-refractivity contribution in [2.45, 2.75) is 46.6 Å². The summed E-state index contributed by atoms with van der Waals surface area (Å²) in [7, 11) is -2.47. The molecule has 0 amide bonds. The van der Waals surface area contributed by atoms with Crippen molar-refractivity contribution in [1.29, 1.82) is 0 Å². The van der Waals surface area contributed by atoms with Gasteiger partial charge in [0.05, 0.1) is 0 Å². The van der Waals surface area contributed by atoms with Crippen LogP contribution in [0, 0.1) is 0 Å². The van der Waals surface area contributed by atoms with Gasteiger partial charge in [0.25, 0.3) is 0 Å². The molecule has 0 aromatic rings. The SMILES string of the molecule is C=C(C)C(=C)CCC[Si](OCC)(OCC)OCC. The van der Waals surface area contributed by atoms with E-state index in [0.29, 0.717) is 19.8 Å². The van der Waals surface area contributed by atoms with Crippen LogP contribution in [0.5, 0.6) is 0 Å². The van der Waals surface area contributed by atoms with Gasteiger partial charge in [0.2, 0.25) is 0 Å². The minimum atomic E-state index is -2.47. The van der Waals surface area contributed by atoms with Gasteiger partial charge in [-0.1, -0.05) is 24.3 Å². The maximum atomic E-state index is 5.80.